The fraction of sp³-hybridized carbons (Fsp3) is 0.400. The van der Waals surface area contributed by atoms with Gasteiger partial charge >= 0.3 is 0 Å². The Hall–Kier alpha value is 0.150. The van der Waals surface area contributed by atoms with Crippen LogP contribution in [0.1, 0.15) is 12.0 Å². The van der Waals surface area contributed by atoms with Crippen LogP contribution in [0.25, 0.3) is 0 Å². The average Bonchev–Trinajstić information content (AvgIpc) is 2.13. The molecule has 13 heavy (non-hydrogen) atoms. The summed E-state index contributed by atoms with van der Waals surface area (Å²) >= 11 is 13.3. The Balaban J connectivity index is 2.28. The molecule has 0 N–H and O–H groups in total. The second-order valence-electron chi connectivity index (χ2n) is 2.73. The van der Waals surface area contributed by atoms with Gasteiger partial charge in [0, 0.05) is 16.7 Å². The Morgan fingerprint density at radius 2 is 2.15 bits per heavy atom. The fourth-order valence-corrected chi connectivity index (χ4v) is 2.39. The third-order valence-corrected chi connectivity index (χ3v) is 3.20. The second kappa shape index (κ2) is 6.58. The predicted molar refractivity (Wildman–Crippen MR) is 63.0 cm³/mol. The third kappa shape index (κ3) is 4.80. The van der Waals surface area contributed by atoms with Crippen molar-refractivity contribution in [2.75, 3.05) is 11.6 Å². The van der Waals surface area contributed by atoms with Crippen LogP contribution in [0.5, 0.6) is 0 Å². The summed E-state index contributed by atoms with van der Waals surface area (Å²) in [6, 6.07) is 7.99. The Morgan fingerprint density at radius 3 is 2.85 bits per heavy atom. The number of benzene rings is 1. The molecule has 1 aromatic rings. The van der Waals surface area contributed by atoms with Crippen LogP contribution >= 0.6 is 35.0 Å². The molecule has 0 aliphatic heterocycles. The molecule has 0 saturated carbocycles. The standard InChI is InChI=1S/C10H12Cl2S/c11-5-2-6-13-8-9-3-1-4-10(12)7-9/h1,3-4,7H,2,5-6,8H2. The number of hydrogen-bond acceptors (Lipinski definition) is 1. The molecule has 0 bridgehead atoms. The molecule has 0 amide bonds. The van der Waals surface area contributed by atoms with Gasteiger partial charge in [0.25, 0.3) is 0 Å². The molecule has 0 spiro atoms. The molecule has 0 atom stereocenters. The molecule has 0 unspecified atom stereocenters. The first-order chi connectivity index (χ1) is 6.33. The van der Waals surface area contributed by atoms with E-state index in [0.717, 1.165) is 28.8 Å². The van der Waals surface area contributed by atoms with Crippen LogP contribution in [0.15, 0.2) is 24.3 Å². The maximum atomic E-state index is 5.85. The normalized spacial score (nSPS) is 10.3. The number of halogens is 2. The van der Waals surface area contributed by atoms with E-state index in [1.54, 1.807) is 0 Å². The van der Waals surface area contributed by atoms with E-state index in [9.17, 15) is 0 Å². The molecule has 0 aromatic heterocycles. The zero-order valence-corrected chi connectivity index (χ0v) is 9.63. The Morgan fingerprint density at radius 1 is 1.31 bits per heavy atom. The van der Waals surface area contributed by atoms with Gasteiger partial charge in [0.1, 0.15) is 0 Å². The van der Waals surface area contributed by atoms with Crippen LogP contribution in [0.4, 0.5) is 0 Å². The molecule has 72 valence electrons. The predicted octanol–water partition coefficient (Wildman–Crippen LogP) is 4.20. The number of rotatable bonds is 5. The summed E-state index contributed by atoms with van der Waals surface area (Å²) in [6.07, 6.45) is 1.08. The van der Waals surface area contributed by atoms with Crippen LogP contribution in [0.3, 0.4) is 0 Å². The molecule has 0 heterocycles. The molecule has 0 aliphatic rings. The summed E-state index contributed by atoms with van der Waals surface area (Å²) in [4.78, 5) is 0. The summed E-state index contributed by atoms with van der Waals surface area (Å²) in [7, 11) is 0. The highest BCUT2D eigenvalue weighted by molar-refractivity contribution is 7.98. The van der Waals surface area contributed by atoms with E-state index in [-0.39, 0.29) is 0 Å². The summed E-state index contributed by atoms with van der Waals surface area (Å²) in [5, 5.41) is 0.815. The summed E-state index contributed by atoms with van der Waals surface area (Å²) in [6.45, 7) is 0. The highest BCUT2D eigenvalue weighted by Crippen LogP contribution is 2.16. The van der Waals surface area contributed by atoms with Crippen molar-refractivity contribution in [3.05, 3.63) is 34.9 Å². The smallest absolute Gasteiger partial charge is 0.0409 e. The van der Waals surface area contributed by atoms with Gasteiger partial charge in [0.15, 0.2) is 0 Å². The molecule has 0 saturated heterocycles. The maximum Gasteiger partial charge on any atom is 0.0409 e. The lowest BCUT2D eigenvalue weighted by Gasteiger charge is -2.00. The minimum Gasteiger partial charge on any atom is -0.157 e. The monoisotopic (exact) mass is 234 g/mol. The molecule has 1 rings (SSSR count). The first-order valence-electron chi connectivity index (χ1n) is 4.21. The topological polar surface area (TPSA) is 0 Å². The Kier molecular flexibility index (Phi) is 5.68. The maximum absolute atomic E-state index is 5.85. The van der Waals surface area contributed by atoms with Crippen molar-refractivity contribution < 1.29 is 0 Å². The summed E-state index contributed by atoms with van der Waals surface area (Å²) < 4.78 is 0. The van der Waals surface area contributed by atoms with Crippen molar-refractivity contribution in [1.29, 1.82) is 0 Å². The van der Waals surface area contributed by atoms with Gasteiger partial charge in [0.05, 0.1) is 0 Å². The van der Waals surface area contributed by atoms with E-state index < -0.39 is 0 Å². The van der Waals surface area contributed by atoms with Gasteiger partial charge < -0.3 is 0 Å². The molecular weight excluding hydrogens is 223 g/mol. The lowest BCUT2D eigenvalue weighted by atomic mass is 10.2. The van der Waals surface area contributed by atoms with Crippen LogP contribution in [-0.4, -0.2) is 11.6 Å². The quantitative estimate of drug-likeness (QED) is 0.544. The highest BCUT2D eigenvalue weighted by Gasteiger charge is 1.94. The minimum atomic E-state index is 0.753. The van der Waals surface area contributed by atoms with E-state index in [1.165, 1.54) is 5.56 Å². The molecular formula is C10H12Cl2S. The van der Waals surface area contributed by atoms with E-state index in [2.05, 4.69) is 6.07 Å². The first kappa shape index (κ1) is 11.2. The molecule has 1 aromatic carbocycles. The van der Waals surface area contributed by atoms with Crippen LogP contribution in [-0.2, 0) is 5.75 Å². The van der Waals surface area contributed by atoms with Gasteiger partial charge in [-0.3, -0.25) is 0 Å². The van der Waals surface area contributed by atoms with Crippen molar-refractivity contribution >= 4 is 35.0 Å². The van der Waals surface area contributed by atoms with Crippen molar-refractivity contribution in [3.8, 4) is 0 Å². The summed E-state index contributed by atoms with van der Waals surface area (Å²) in [5.41, 5.74) is 1.28. The van der Waals surface area contributed by atoms with Crippen molar-refractivity contribution in [3.63, 3.8) is 0 Å². The van der Waals surface area contributed by atoms with Crippen LogP contribution in [0.2, 0.25) is 5.02 Å². The lowest BCUT2D eigenvalue weighted by Crippen LogP contribution is -1.84. The van der Waals surface area contributed by atoms with Gasteiger partial charge in [-0.1, -0.05) is 23.7 Å². The van der Waals surface area contributed by atoms with Gasteiger partial charge in [0.2, 0.25) is 0 Å². The van der Waals surface area contributed by atoms with E-state index >= 15 is 0 Å². The van der Waals surface area contributed by atoms with E-state index in [0.29, 0.717) is 0 Å². The van der Waals surface area contributed by atoms with E-state index in [1.807, 2.05) is 30.0 Å². The van der Waals surface area contributed by atoms with Crippen LogP contribution < -0.4 is 0 Å². The minimum absolute atomic E-state index is 0.753. The van der Waals surface area contributed by atoms with Crippen LogP contribution in [0, 0.1) is 0 Å². The summed E-state index contributed by atoms with van der Waals surface area (Å²) in [5.74, 6) is 2.90. The molecule has 3 heteroatoms. The molecule has 0 radical (unpaired) electrons. The first-order valence-corrected chi connectivity index (χ1v) is 6.28. The average molecular weight is 235 g/mol. The molecule has 0 nitrogen and oxygen atoms in total. The molecule has 0 fully saturated rings. The van der Waals surface area contributed by atoms with Gasteiger partial charge in [-0.25, -0.2) is 0 Å². The number of alkyl halides is 1. The largest absolute Gasteiger partial charge is 0.157 e. The zero-order valence-electron chi connectivity index (χ0n) is 7.30. The zero-order chi connectivity index (χ0) is 9.52. The highest BCUT2D eigenvalue weighted by atomic mass is 35.5. The van der Waals surface area contributed by atoms with E-state index in [4.69, 9.17) is 23.2 Å². The lowest BCUT2D eigenvalue weighted by molar-refractivity contribution is 1.11. The van der Waals surface area contributed by atoms with Crippen molar-refractivity contribution in [2.45, 2.75) is 12.2 Å². The van der Waals surface area contributed by atoms with Crippen molar-refractivity contribution in [1.82, 2.24) is 0 Å². The SMILES string of the molecule is ClCCCSCc1cccc(Cl)c1. The Bertz CT molecular complexity index is 250. The van der Waals surface area contributed by atoms with Gasteiger partial charge in [-0.05, 0) is 29.9 Å². The second-order valence-corrected chi connectivity index (χ2v) is 4.64. The van der Waals surface area contributed by atoms with Gasteiger partial charge in [-0.2, -0.15) is 11.8 Å². The van der Waals surface area contributed by atoms with Gasteiger partial charge in [-0.15, -0.1) is 11.6 Å². The number of hydrogen-bond donors (Lipinski definition) is 0. The van der Waals surface area contributed by atoms with Crippen molar-refractivity contribution in [2.24, 2.45) is 0 Å². The Labute approximate surface area is 93.6 Å². The molecule has 0 aliphatic carbocycles. The fourth-order valence-electron chi connectivity index (χ4n) is 0.973. The third-order valence-electron chi connectivity index (χ3n) is 1.58. The number of thioether (sulfide) groups is 1.